The molecule has 0 bridgehead atoms. The molecule has 0 spiro atoms. The van der Waals surface area contributed by atoms with E-state index in [4.69, 9.17) is 0 Å². The minimum atomic E-state index is -0.882. The molecule has 0 N–H and O–H groups in total. The molecule has 0 aliphatic heterocycles. The molecule has 1 aromatic rings. The van der Waals surface area contributed by atoms with E-state index in [1.54, 1.807) is 30.3 Å². The summed E-state index contributed by atoms with van der Waals surface area (Å²) in [6.45, 7) is 0. The van der Waals surface area contributed by atoms with Gasteiger partial charge in [0, 0.05) is 12.0 Å². The highest BCUT2D eigenvalue weighted by molar-refractivity contribution is 6.08. The van der Waals surface area contributed by atoms with E-state index < -0.39 is 11.9 Å². The van der Waals surface area contributed by atoms with Crippen LogP contribution in [0.5, 0.6) is 0 Å². The lowest BCUT2D eigenvalue weighted by atomic mass is 9.92. The van der Waals surface area contributed by atoms with Gasteiger partial charge in [-0.25, -0.2) is 0 Å². The van der Waals surface area contributed by atoms with Crippen molar-refractivity contribution in [1.82, 2.24) is 0 Å². The first-order chi connectivity index (χ1) is 9.60. The van der Waals surface area contributed by atoms with Crippen molar-refractivity contribution < 1.29 is 23.9 Å². The molecule has 0 aromatic heterocycles. The fraction of sp³-hybridized carbons (Fsp3) is 0.400. The average molecular weight is 278 g/mol. The zero-order valence-electron chi connectivity index (χ0n) is 11.6. The number of ketones is 1. The first-order valence-corrected chi connectivity index (χ1v) is 6.34. The zero-order valence-corrected chi connectivity index (χ0v) is 11.6. The number of methoxy groups -OCH3 is 2. The molecule has 0 aliphatic rings. The Kier molecular flexibility index (Phi) is 6.43. The Bertz CT molecular complexity index is 466. The Labute approximate surface area is 117 Å². The quantitative estimate of drug-likeness (QED) is 0.433. The molecule has 1 atom stereocenters. The fourth-order valence-corrected chi connectivity index (χ4v) is 1.85. The molecule has 5 nitrogen and oxygen atoms in total. The van der Waals surface area contributed by atoms with E-state index in [2.05, 4.69) is 9.47 Å². The highest BCUT2D eigenvalue weighted by Gasteiger charge is 2.28. The summed E-state index contributed by atoms with van der Waals surface area (Å²) in [5.41, 5.74) is 0.459. The Morgan fingerprint density at radius 2 is 1.70 bits per heavy atom. The van der Waals surface area contributed by atoms with Crippen molar-refractivity contribution >= 4 is 17.7 Å². The number of Topliss-reactive ketones (excluding diaryl/α,β-unsaturated/α-hetero) is 1. The van der Waals surface area contributed by atoms with Crippen molar-refractivity contribution in [1.29, 1.82) is 0 Å². The Balaban J connectivity index is 2.72. The number of carbonyl (C=O) groups is 3. The summed E-state index contributed by atoms with van der Waals surface area (Å²) in [5, 5.41) is 0. The average Bonchev–Trinajstić information content (AvgIpc) is 2.50. The standard InChI is InChI=1S/C15H18O5/c1-19-13(16)10-6-9-12(15(18)20-2)14(17)11-7-4-3-5-8-11/h3-5,7-8,12H,6,9-10H2,1-2H3. The molecule has 0 aliphatic carbocycles. The van der Waals surface area contributed by atoms with E-state index in [1.165, 1.54) is 14.2 Å². The Morgan fingerprint density at radius 3 is 2.25 bits per heavy atom. The lowest BCUT2D eigenvalue weighted by Gasteiger charge is -2.13. The van der Waals surface area contributed by atoms with Crippen LogP contribution in [0, 0.1) is 5.92 Å². The molecule has 5 heteroatoms. The number of benzene rings is 1. The van der Waals surface area contributed by atoms with Crippen molar-refractivity contribution in [2.24, 2.45) is 5.92 Å². The maximum atomic E-state index is 12.3. The molecule has 0 saturated heterocycles. The van der Waals surface area contributed by atoms with E-state index >= 15 is 0 Å². The summed E-state index contributed by atoms with van der Waals surface area (Å²) in [4.78, 5) is 35.0. The van der Waals surface area contributed by atoms with Crippen LogP contribution in [0.1, 0.15) is 29.6 Å². The van der Waals surface area contributed by atoms with Gasteiger partial charge in [0.2, 0.25) is 0 Å². The highest BCUT2D eigenvalue weighted by Crippen LogP contribution is 2.17. The van der Waals surface area contributed by atoms with Gasteiger partial charge in [-0.05, 0) is 12.8 Å². The van der Waals surface area contributed by atoms with Gasteiger partial charge in [-0.1, -0.05) is 30.3 Å². The minimum absolute atomic E-state index is 0.173. The van der Waals surface area contributed by atoms with E-state index in [0.717, 1.165) is 0 Å². The van der Waals surface area contributed by atoms with Crippen molar-refractivity contribution in [3.8, 4) is 0 Å². The smallest absolute Gasteiger partial charge is 0.316 e. The van der Waals surface area contributed by atoms with Gasteiger partial charge < -0.3 is 9.47 Å². The predicted molar refractivity (Wildman–Crippen MR) is 72.1 cm³/mol. The monoisotopic (exact) mass is 278 g/mol. The molecule has 20 heavy (non-hydrogen) atoms. The van der Waals surface area contributed by atoms with Crippen molar-refractivity contribution in [2.45, 2.75) is 19.3 Å². The molecule has 1 rings (SSSR count). The van der Waals surface area contributed by atoms with Crippen molar-refractivity contribution in [3.63, 3.8) is 0 Å². The van der Waals surface area contributed by atoms with E-state index in [0.29, 0.717) is 12.0 Å². The van der Waals surface area contributed by atoms with Crippen LogP contribution < -0.4 is 0 Å². The van der Waals surface area contributed by atoms with E-state index in [-0.39, 0.29) is 24.6 Å². The second-order valence-electron chi connectivity index (χ2n) is 4.27. The van der Waals surface area contributed by atoms with Gasteiger partial charge in [0.1, 0.15) is 5.92 Å². The van der Waals surface area contributed by atoms with Gasteiger partial charge in [-0.2, -0.15) is 0 Å². The normalized spacial score (nSPS) is 11.5. The summed E-state index contributed by atoms with van der Waals surface area (Å²) in [6, 6.07) is 8.56. The number of hydrogen-bond acceptors (Lipinski definition) is 5. The third-order valence-corrected chi connectivity index (χ3v) is 2.96. The molecule has 0 heterocycles. The summed E-state index contributed by atoms with van der Waals surface area (Å²) >= 11 is 0. The summed E-state index contributed by atoms with van der Waals surface area (Å²) in [5.74, 6) is -2.11. The molecule has 0 amide bonds. The Morgan fingerprint density at radius 1 is 1.05 bits per heavy atom. The predicted octanol–water partition coefficient (Wildman–Crippen LogP) is 2.00. The highest BCUT2D eigenvalue weighted by atomic mass is 16.5. The third kappa shape index (κ3) is 4.50. The van der Waals surface area contributed by atoms with Crippen LogP contribution in [0.3, 0.4) is 0 Å². The first kappa shape index (κ1) is 15.9. The molecule has 0 fully saturated rings. The van der Waals surface area contributed by atoms with Crippen LogP contribution in [0.2, 0.25) is 0 Å². The van der Waals surface area contributed by atoms with Crippen LogP contribution in [0.15, 0.2) is 30.3 Å². The molecule has 1 aromatic carbocycles. The van der Waals surface area contributed by atoms with Crippen LogP contribution in [-0.2, 0) is 19.1 Å². The third-order valence-electron chi connectivity index (χ3n) is 2.96. The summed E-state index contributed by atoms with van der Waals surface area (Å²) in [7, 11) is 2.54. The SMILES string of the molecule is COC(=O)CCCC(C(=O)OC)C(=O)c1ccccc1. The molecule has 0 radical (unpaired) electrons. The van der Waals surface area contributed by atoms with Crippen molar-refractivity contribution in [2.75, 3.05) is 14.2 Å². The van der Waals surface area contributed by atoms with Gasteiger partial charge >= 0.3 is 11.9 Å². The second-order valence-corrected chi connectivity index (χ2v) is 4.27. The van der Waals surface area contributed by atoms with E-state index in [1.807, 2.05) is 0 Å². The van der Waals surface area contributed by atoms with Crippen molar-refractivity contribution in [3.05, 3.63) is 35.9 Å². The van der Waals surface area contributed by atoms with Crippen LogP contribution >= 0.6 is 0 Å². The summed E-state index contributed by atoms with van der Waals surface area (Å²) in [6.07, 6.45) is 0.826. The Hall–Kier alpha value is -2.17. The lowest BCUT2D eigenvalue weighted by Crippen LogP contribution is -2.25. The molecule has 0 saturated carbocycles. The van der Waals surface area contributed by atoms with Gasteiger partial charge in [0.15, 0.2) is 5.78 Å². The van der Waals surface area contributed by atoms with Gasteiger partial charge in [0.05, 0.1) is 14.2 Å². The lowest BCUT2D eigenvalue weighted by molar-refractivity contribution is -0.145. The van der Waals surface area contributed by atoms with E-state index in [9.17, 15) is 14.4 Å². The van der Waals surface area contributed by atoms with Crippen LogP contribution in [-0.4, -0.2) is 31.9 Å². The number of esters is 2. The molecule has 1 unspecified atom stereocenters. The molecule has 108 valence electrons. The van der Waals surface area contributed by atoms with Crippen LogP contribution in [0.25, 0.3) is 0 Å². The largest absolute Gasteiger partial charge is 0.469 e. The van der Waals surface area contributed by atoms with Gasteiger partial charge in [-0.15, -0.1) is 0 Å². The molecular weight excluding hydrogens is 260 g/mol. The maximum Gasteiger partial charge on any atom is 0.316 e. The maximum absolute atomic E-state index is 12.3. The number of carbonyl (C=O) groups excluding carboxylic acids is 3. The first-order valence-electron chi connectivity index (χ1n) is 6.34. The number of rotatable bonds is 7. The topological polar surface area (TPSA) is 69.7 Å². The number of hydrogen-bond donors (Lipinski definition) is 0. The van der Waals surface area contributed by atoms with Crippen LogP contribution in [0.4, 0.5) is 0 Å². The zero-order chi connectivity index (χ0) is 15.0. The minimum Gasteiger partial charge on any atom is -0.469 e. The molecular formula is C15H18O5. The number of ether oxygens (including phenoxy) is 2. The van der Waals surface area contributed by atoms with Gasteiger partial charge in [0.25, 0.3) is 0 Å². The second kappa shape index (κ2) is 8.09. The fourth-order valence-electron chi connectivity index (χ4n) is 1.85. The van der Waals surface area contributed by atoms with Gasteiger partial charge in [-0.3, -0.25) is 14.4 Å². The summed E-state index contributed by atoms with van der Waals surface area (Å²) < 4.78 is 9.19.